The molecule has 0 aromatic heterocycles. The number of amides is 1. The Labute approximate surface area is 88.7 Å². The van der Waals surface area contributed by atoms with E-state index in [2.05, 4.69) is 0 Å². The molecule has 0 aliphatic carbocycles. The van der Waals surface area contributed by atoms with Crippen LogP contribution >= 0.6 is 0 Å². The van der Waals surface area contributed by atoms with Crippen LogP contribution in [0.15, 0.2) is 30.3 Å². The summed E-state index contributed by atoms with van der Waals surface area (Å²) < 4.78 is 0. The molecule has 0 saturated carbocycles. The van der Waals surface area contributed by atoms with E-state index >= 15 is 0 Å². The van der Waals surface area contributed by atoms with Crippen LogP contribution in [0.5, 0.6) is 0 Å². The second-order valence-corrected chi connectivity index (χ2v) is 3.24. The minimum absolute atomic E-state index is 0.0321. The zero-order valence-corrected chi connectivity index (χ0v) is 8.59. The molecule has 0 fully saturated rings. The van der Waals surface area contributed by atoms with Gasteiger partial charge < -0.3 is 15.4 Å². The quantitative estimate of drug-likeness (QED) is 0.732. The zero-order valence-electron chi connectivity index (χ0n) is 8.59. The highest BCUT2D eigenvalue weighted by Gasteiger charge is 2.18. The first-order valence-corrected chi connectivity index (χ1v) is 4.72. The van der Waals surface area contributed by atoms with Crippen molar-refractivity contribution >= 4 is 17.9 Å². The van der Waals surface area contributed by atoms with Crippen molar-refractivity contribution in [3.63, 3.8) is 0 Å². The molecular formula is C11H14N2O2. The Kier molecular flexibility index (Phi) is 4.00. The molecule has 0 unspecified atom stereocenters. The molecule has 0 saturated heterocycles. The lowest BCUT2D eigenvalue weighted by molar-refractivity contribution is -0.120. The molecule has 0 spiro atoms. The number of anilines is 1. The lowest BCUT2D eigenvalue weighted by Gasteiger charge is -2.22. The summed E-state index contributed by atoms with van der Waals surface area (Å²) in [4.78, 5) is 23.5. The van der Waals surface area contributed by atoms with Gasteiger partial charge in [-0.25, -0.2) is 0 Å². The Balaban J connectivity index is 2.93. The van der Waals surface area contributed by atoms with Gasteiger partial charge in [0.25, 0.3) is 0 Å². The number of hydrogen-bond donors (Lipinski definition) is 1. The van der Waals surface area contributed by atoms with Gasteiger partial charge in [-0.3, -0.25) is 4.79 Å². The summed E-state index contributed by atoms with van der Waals surface area (Å²) in [7, 11) is 0. The molecule has 1 amide bonds. The molecule has 4 heteroatoms. The van der Waals surface area contributed by atoms with Gasteiger partial charge in [0.1, 0.15) is 6.29 Å². The Hall–Kier alpha value is -1.68. The minimum atomic E-state index is -0.606. The highest BCUT2D eigenvalue weighted by atomic mass is 16.2. The monoisotopic (exact) mass is 206 g/mol. The minimum Gasteiger partial charge on any atom is -0.320 e. The molecular weight excluding hydrogens is 192 g/mol. The number of carbonyl (C=O) groups excluding carboxylic acids is 2. The van der Waals surface area contributed by atoms with E-state index in [1.165, 1.54) is 4.90 Å². The standard InChI is InChI=1S/C11H14N2O2/c1-9(12)11(15)13(7-8-14)10-5-3-2-4-6-10/h2-6,8-9H,7,12H2,1H3/t9-/m0/s1. The molecule has 1 aromatic carbocycles. The fourth-order valence-corrected chi connectivity index (χ4v) is 1.25. The molecule has 0 radical (unpaired) electrons. The fraction of sp³-hybridized carbons (Fsp3) is 0.273. The van der Waals surface area contributed by atoms with Gasteiger partial charge in [0.15, 0.2) is 0 Å². The Morgan fingerprint density at radius 2 is 2.07 bits per heavy atom. The first-order valence-electron chi connectivity index (χ1n) is 4.72. The number of nitrogens with zero attached hydrogens (tertiary/aromatic N) is 1. The van der Waals surface area contributed by atoms with Crippen LogP contribution in [0, 0.1) is 0 Å². The summed E-state index contributed by atoms with van der Waals surface area (Å²) in [6.07, 6.45) is 0.688. The number of para-hydroxylation sites is 1. The van der Waals surface area contributed by atoms with Crippen LogP contribution in [0.1, 0.15) is 6.92 Å². The van der Waals surface area contributed by atoms with Crippen LogP contribution in [-0.4, -0.2) is 24.8 Å². The highest BCUT2D eigenvalue weighted by molar-refractivity contribution is 5.98. The van der Waals surface area contributed by atoms with E-state index in [-0.39, 0.29) is 12.5 Å². The van der Waals surface area contributed by atoms with Crippen LogP contribution in [0.3, 0.4) is 0 Å². The van der Waals surface area contributed by atoms with E-state index in [1.54, 1.807) is 19.1 Å². The van der Waals surface area contributed by atoms with Gasteiger partial charge in [-0.05, 0) is 19.1 Å². The van der Waals surface area contributed by atoms with Gasteiger partial charge in [0.05, 0.1) is 12.6 Å². The largest absolute Gasteiger partial charge is 0.320 e. The maximum Gasteiger partial charge on any atom is 0.244 e. The average molecular weight is 206 g/mol. The number of nitrogens with two attached hydrogens (primary N) is 1. The molecule has 4 nitrogen and oxygen atoms in total. The molecule has 15 heavy (non-hydrogen) atoms. The highest BCUT2D eigenvalue weighted by Crippen LogP contribution is 2.13. The van der Waals surface area contributed by atoms with E-state index in [9.17, 15) is 9.59 Å². The summed E-state index contributed by atoms with van der Waals surface area (Å²) in [6, 6.07) is 8.39. The summed E-state index contributed by atoms with van der Waals surface area (Å²) in [6.45, 7) is 1.63. The van der Waals surface area contributed by atoms with Gasteiger partial charge in [0, 0.05) is 5.69 Å². The predicted octanol–water partition coefficient (Wildman–Crippen LogP) is 0.566. The second kappa shape index (κ2) is 5.26. The van der Waals surface area contributed by atoms with Crippen molar-refractivity contribution in [2.75, 3.05) is 11.4 Å². The SMILES string of the molecule is C[C@H](N)C(=O)N(CC=O)c1ccccc1. The third-order valence-electron chi connectivity index (χ3n) is 1.98. The number of aldehydes is 1. The van der Waals surface area contributed by atoms with E-state index in [0.29, 0.717) is 12.0 Å². The van der Waals surface area contributed by atoms with Crippen molar-refractivity contribution in [3.8, 4) is 0 Å². The zero-order chi connectivity index (χ0) is 11.3. The van der Waals surface area contributed by atoms with Crippen molar-refractivity contribution in [1.82, 2.24) is 0 Å². The summed E-state index contributed by atoms with van der Waals surface area (Å²) in [5.74, 6) is -0.256. The van der Waals surface area contributed by atoms with Crippen molar-refractivity contribution in [2.24, 2.45) is 5.73 Å². The second-order valence-electron chi connectivity index (χ2n) is 3.24. The lowest BCUT2D eigenvalue weighted by atomic mass is 10.2. The third-order valence-corrected chi connectivity index (χ3v) is 1.98. The van der Waals surface area contributed by atoms with Crippen molar-refractivity contribution in [1.29, 1.82) is 0 Å². The van der Waals surface area contributed by atoms with Gasteiger partial charge >= 0.3 is 0 Å². The number of rotatable bonds is 4. The molecule has 0 bridgehead atoms. The summed E-state index contributed by atoms with van der Waals surface area (Å²) >= 11 is 0. The fourth-order valence-electron chi connectivity index (χ4n) is 1.25. The number of benzene rings is 1. The molecule has 2 N–H and O–H groups in total. The number of hydrogen-bond acceptors (Lipinski definition) is 3. The van der Waals surface area contributed by atoms with Crippen LogP contribution in [0.25, 0.3) is 0 Å². The first-order chi connectivity index (χ1) is 7.16. The number of carbonyl (C=O) groups is 2. The van der Waals surface area contributed by atoms with Gasteiger partial charge in [-0.2, -0.15) is 0 Å². The smallest absolute Gasteiger partial charge is 0.244 e. The van der Waals surface area contributed by atoms with E-state index in [4.69, 9.17) is 5.73 Å². The topological polar surface area (TPSA) is 63.4 Å². The Morgan fingerprint density at radius 3 is 2.53 bits per heavy atom. The molecule has 1 aromatic rings. The maximum atomic E-state index is 11.7. The van der Waals surface area contributed by atoms with E-state index < -0.39 is 6.04 Å². The molecule has 1 atom stereocenters. The van der Waals surface area contributed by atoms with Crippen LogP contribution in [0.2, 0.25) is 0 Å². The molecule has 80 valence electrons. The van der Waals surface area contributed by atoms with Crippen molar-refractivity contribution in [3.05, 3.63) is 30.3 Å². The van der Waals surface area contributed by atoms with Gasteiger partial charge in [0.2, 0.25) is 5.91 Å². The first kappa shape index (κ1) is 11.4. The third kappa shape index (κ3) is 2.89. The molecule has 0 aliphatic rings. The average Bonchev–Trinajstić information content (AvgIpc) is 2.26. The van der Waals surface area contributed by atoms with Crippen molar-refractivity contribution in [2.45, 2.75) is 13.0 Å². The van der Waals surface area contributed by atoms with Crippen LogP contribution < -0.4 is 10.6 Å². The van der Waals surface area contributed by atoms with E-state index in [1.807, 2.05) is 18.2 Å². The predicted molar refractivity (Wildman–Crippen MR) is 58.5 cm³/mol. The Bertz CT molecular complexity index is 336. The maximum absolute atomic E-state index is 11.7. The summed E-state index contributed by atoms with van der Waals surface area (Å²) in [5, 5.41) is 0. The van der Waals surface area contributed by atoms with Crippen LogP contribution in [0.4, 0.5) is 5.69 Å². The van der Waals surface area contributed by atoms with Crippen molar-refractivity contribution < 1.29 is 9.59 Å². The molecule has 1 rings (SSSR count). The lowest BCUT2D eigenvalue weighted by Crippen LogP contribution is -2.43. The van der Waals surface area contributed by atoms with Gasteiger partial charge in [-0.15, -0.1) is 0 Å². The van der Waals surface area contributed by atoms with Crippen LogP contribution in [-0.2, 0) is 9.59 Å². The summed E-state index contributed by atoms with van der Waals surface area (Å²) in [5.41, 5.74) is 6.18. The Morgan fingerprint density at radius 1 is 1.47 bits per heavy atom. The van der Waals surface area contributed by atoms with Gasteiger partial charge in [-0.1, -0.05) is 18.2 Å². The van der Waals surface area contributed by atoms with E-state index in [0.717, 1.165) is 0 Å². The molecule has 0 heterocycles. The molecule has 0 aliphatic heterocycles. The normalized spacial score (nSPS) is 11.9.